The molecule has 0 aromatic rings. The molecule has 4 nitrogen and oxygen atoms in total. The second-order valence-electron chi connectivity index (χ2n) is 2.57. The predicted molar refractivity (Wildman–Crippen MR) is 44.3 cm³/mol. The van der Waals surface area contributed by atoms with Gasteiger partial charge >= 0.3 is 6.09 Å². The van der Waals surface area contributed by atoms with Crippen molar-refractivity contribution in [1.29, 1.82) is 0 Å². The largest absolute Gasteiger partial charge is 0.465 e. The molecule has 1 saturated heterocycles. The minimum absolute atomic E-state index is 0. The first-order chi connectivity index (χ1) is 4.70. The lowest BCUT2D eigenvalue weighted by Gasteiger charge is -2.30. The van der Waals surface area contributed by atoms with Crippen LogP contribution in [0.15, 0.2) is 0 Å². The van der Waals surface area contributed by atoms with Crippen LogP contribution in [0.2, 0.25) is 0 Å². The van der Waals surface area contributed by atoms with E-state index in [9.17, 15) is 4.79 Å². The first kappa shape index (κ1) is 10.5. The van der Waals surface area contributed by atoms with Crippen molar-refractivity contribution < 1.29 is 9.90 Å². The van der Waals surface area contributed by atoms with Gasteiger partial charge in [-0.2, -0.15) is 0 Å². The molecule has 1 rings (SSSR count). The normalized spacial score (nSPS) is 19.2. The van der Waals surface area contributed by atoms with E-state index in [-0.39, 0.29) is 12.4 Å². The summed E-state index contributed by atoms with van der Waals surface area (Å²) in [6.45, 7) is 3.00. The summed E-state index contributed by atoms with van der Waals surface area (Å²) in [4.78, 5) is 13.9. The molecular formula is C6H13ClN2O2. The van der Waals surface area contributed by atoms with Crippen molar-refractivity contribution in [2.75, 3.05) is 33.2 Å². The Morgan fingerprint density at radius 1 is 1.27 bits per heavy atom. The van der Waals surface area contributed by atoms with Crippen molar-refractivity contribution in [3.8, 4) is 0 Å². The van der Waals surface area contributed by atoms with Gasteiger partial charge in [0.1, 0.15) is 0 Å². The fourth-order valence-electron chi connectivity index (χ4n) is 0.998. The predicted octanol–water partition coefficient (Wildman–Crippen LogP) is 0.334. The van der Waals surface area contributed by atoms with E-state index in [2.05, 4.69) is 4.90 Å². The lowest BCUT2D eigenvalue weighted by Crippen LogP contribution is -2.46. The molecule has 0 saturated carbocycles. The number of hydrogen-bond donors (Lipinski definition) is 1. The Balaban J connectivity index is 0.000001000. The van der Waals surface area contributed by atoms with E-state index in [0.717, 1.165) is 13.1 Å². The minimum atomic E-state index is -0.798. The molecule has 0 spiro atoms. The third-order valence-corrected chi connectivity index (χ3v) is 1.77. The molecule has 1 fully saturated rings. The van der Waals surface area contributed by atoms with E-state index >= 15 is 0 Å². The molecule has 66 valence electrons. The van der Waals surface area contributed by atoms with Crippen molar-refractivity contribution in [2.24, 2.45) is 0 Å². The van der Waals surface area contributed by atoms with Gasteiger partial charge in [-0.15, -0.1) is 12.4 Å². The molecule has 0 radical (unpaired) electrons. The molecule has 1 heterocycles. The van der Waals surface area contributed by atoms with Crippen LogP contribution in [0.5, 0.6) is 0 Å². The van der Waals surface area contributed by atoms with Crippen LogP contribution in [-0.2, 0) is 0 Å². The van der Waals surface area contributed by atoms with Crippen LogP contribution in [0, 0.1) is 0 Å². The summed E-state index contributed by atoms with van der Waals surface area (Å²) in [7, 11) is 2.00. The molecule has 0 bridgehead atoms. The van der Waals surface area contributed by atoms with Crippen molar-refractivity contribution in [3.05, 3.63) is 0 Å². The van der Waals surface area contributed by atoms with Gasteiger partial charge in [0, 0.05) is 26.2 Å². The highest BCUT2D eigenvalue weighted by Gasteiger charge is 2.16. The average Bonchev–Trinajstić information content (AvgIpc) is 1.88. The SMILES string of the molecule is CN1CCN(C(=O)O)CC1.Cl. The molecule has 0 aromatic heterocycles. The van der Waals surface area contributed by atoms with Crippen LogP contribution in [0.3, 0.4) is 0 Å². The number of halogens is 1. The van der Waals surface area contributed by atoms with Gasteiger partial charge in [0.15, 0.2) is 0 Å². The molecule has 0 atom stereocenters. The molecule has 0 aromatic carbocycles. The number of rotatable bonds is 0. The summed E-state index contributed by atoms with van der Waals surface area (Å²) in [5, 5.41) is 8.53. The Labute approximate surface area is 72.2 Å². The molecule has 5 heteroatoms. The van der Waals surface area contributed by atoms with Crippen LogP contribution < -0.4 is 0 Å². The Morgan fingerprint density at radius 3 is 2.09 bits per heavy atom. The van der Waals surface area contributed by atoms with E-state index in [4.69, 9.17) is 5.11 Å². The molecule has 0 unspecified atom stereocenters. The highest BCUT2D eigenvalue weighted by Crippen LogP contribution is 1.97. The Morgan fingerprint density at radius 2 is 1.73 bits per heavy atom. The third kappa shape index (κ3) is 2.95. The number of likely N-dealkylation sites (N-methyl/N-ethyl adjacent to an activating group) is 1. The zero-order chi connectivity index (χ0) is 7.56. The van der Waals surface area contributed by atoms with Gasteiger partial charge in [-0.25, -0.2) is 4.79 Å². The molecule has 1 amide bonds. The zero-order valence-electron chi connectivity index (χ0n) is 6.49. The number of carbonyl (C=O) groups is 1. The lowest BCUT2D eigenvalue weighted by molar-refractivity contribution is 0.115. The van der Waals surface area contributed by atoms with Crippen LogP contribution >= 0.6 is 12.4 Å². The van der Waals surface area contributed by atoms with Crippen LogP contribution in [0.4, 0.5) is 4.79 Å². The summed E-state index contributed by atoms with van der Waals surface area (Å²) in [6, 6.07) is 0. The number of amides is 1. The number of piperazine rings is 1. The number of carboxylic acid groups (broad SMARTS) is 1. The van der Waals surface area contributed by atoms with Crippen molar-refractivity contribution in [3.63, 3.8) is 0 Å². The van der Waals surface area contributed by atoms with E-state index in [0.29, 0.717) is 13.1 Å². The highest BCUT2D eigenvalue weighted by molar-refractivity contribution is 5.85. The first-order valence-corrected chi connectivity index (χ1v) is 3.36. The van der Waals surface area contributed by atoms with Crippen molar-refractivity contribution in [1.82, 2.24) is 9.80 Å². The third-order valence-electron chi connectivity index (χ3n) is 1.77. The second-order valence-corrected chi connectivity index (χ2v) is 2.57. The van der Waals surface area contributed by atoms with Gasteiger partial charge in [0.2, 0.25) is 0 Å². The van der Waals surface area contributed by atoms with E-state index in [1.165, 1.54) is 4.90 Å². The van der Waals surface area contributed by atoms with Crippen molar-refractivity contribution in [2.45, 2.75) is 0 Å². The van der Waals surface area contributed by atoms with E-state index in [1.807, 2.05) is 7.05 Å². The summed E-state index contributed by atoms with van der Waals surface area (Å²) in [6.07, 6.45) is -0.798. The maximum Gasteiger partial charge on any atom is 0.407 e. The number of nitrogens with zero attached hydrogens (tertiary/aromatic N) is 2. The maximum absolute atomic E-state index is 10.4. The average molecular weight is 181 g/mol. The first-order valence-electron chi connectivity index (χ1n) is 3.36. The molecule has 0 aliphatic carbocycles. The Hall–Kier alpha value is -0.480. The number of hydrogen-bond acceptors (Lipinski definition) is 2. The fraction of sp³-hybridized carbons (Fsp3) is 0.833. The summed E-state index contributed by atoms with van der Waals surface area (Å²) in [5.74, 6) is 0. The Bertz CT molecular complexity index is 135. The van der Waals surface area contributed by atoms with Gasteiger partial charge in [0.25, 0.3) is 0 Å². The molecule has 11 heavy (non-hydrogen) atoms. The Kier molecular flexibility index (Phi) is 4.22. The van der Waals surface area contributed by atoms with Gasteiger partial charge in [-0.05, 0) is 7.05 Å². The molecule has 1 N–H and O–H groups in total. The standard InChI is InChI=1S/C6H12N2O2.ClH/c1-7-2-4-8(5-3-7)6(9)10;/h2-5H2,1H3,(H,9,10);1H. The van der Waals surface area contributed by atoms with Crippen molar-refractivity contribution >= 4 is 18.5 Å². The monoisotopic (exact) mass is 180 g/mol. The summed E-state index contributed by atoms with van der Waals surface area (Å²) < 4.78 is 0. The fourth-order valence-corrected chi connectivity index (χ4v) is 0.998. The summed E-state index contributed by atoms with van der Waals surface area (Å²) >= 11 is 0. The summed E-state index contributed by atoms with van der Waals surface area (Å²) in [5.41, 5.74) is 0. The van der Waals surface area contributed by atoms with E-state index < -0.39 is 6.09 Å². The minimum Gasteiger partial charge on any atom is -0.465 e. The smallest absolute Gasteiger partial charge is 0.407 e. The maximum atomic E-state index is 10.4. The second kappa shape index (κ2) is 4.41. The van der Waals surface area contributed by atoms with Gasteiger partial charge in [-0.3, -0.25) is 0 Å². The van der Waals surface area contributed by atoms with E-state index in [1.54, 1.807) is 0 Å². The lowest BCUT2D eigenvalue weighted by atomic mass is 10.3. The topological polar surface area (TPSA) is 43.8 Å². The van der Waals surface area contributed by atoms with Gasteiger partial charge < -0.3 is 14.9 Å². The highest BCUT2D eigenvalue weighted by atomic mass is 35.5. The van der Waals surface area contributed by atoms with Crippen LogP contribution in [0.25, 0.3) is 0 Å². The molecular weight excluding hydrogens is 168 g/mol. The van der Waals surface area contributed by atoms with Crippen LogP contribution in [0.1, 0.15) is 0 Å². The van der Waals surface area contributed by atoms with Crippen LogP contribution in [-0.4, -0.2) is 54.2 Å². The van der Waals surface area contributed by atoms with Gasteiger partial charge in [0.05, 0.1) is 0 Å². The quantitative estimate of drug-likeness (QED) is 0.585. The zero-order valence-corrected chi connectivity index (χ0v) is 7.30. The van der Waals surface area contributed by atoms with Gasteiger partial charge in [-0.1, -0.05) is 0 Å². The molecule has 1 aliphatic rings. The molecule has 1 aliphatic heterocycles.